The third kappa shape index (κ3) is 6.25. The van der Waals surface area contributed by atoms with Crippen LogP contribution in [0.5, 0.6) is 11.5 Å². The largest absolute Gasteiger partial charge is 0.506 e. The van der Waals surface area contributed by atoms with Crippen molar-refractivity contribution in [1.29, 1.82) is 0 Å². The van der Waals surface area contributed by atoms with Gasteiger partial charge in [0.1, 0.15) is 11.5 Å². The fourth-order valence-corrected chi connectivity index (χ4v) is 4.95. The van der Waals surface area contributed by atoms with E-state index in [1.54, 1.807) is 48.5 Å². The van der Waals surface area contributed by atoms with Crippen LogP contribution >= 0.6 is 63.7 Å². The molecule has 31 heavy (non-hydrogen) atoms. The molecule has 158 valence electrons. The Bertz CT molecular complexity index is 1200. The maximum atomic E-state index is 12.3. The molecular weight excluding hydrogens is 662 g/mol. The Hall–Kier alpha value is -2.01. The number of benzene rings is 3. The molecule has 0 aliphatic rings. The van der Waals surface area contributed by atoms with Crippen LogP contribution in [0.4, 0.5) is 5.69 Å². The van der Waals surface area contributed by atoms with Crippen molar-refractivity contribution in [3.05, 3.63) is 83.1 Å². The normalized spacial score (nSPS) is 11.4. The summed E-state index contributed by atoms with van der Waals surface area (Å²) in [5.41, 5.74) is 4.40. The second kappa shape index (κ2) is 10.5. The number of aromatic hydroxyl groups is 2. The minimum Gasteiger partial charge on any atom is -0.506 e. The molecule has 3 rings (SSSR count). The third-order valence-corrected chi connectivity index (χ3v) is 6.09. The Kier molecular flexibility index (Phi) is 8.04. The number of phenolic OH excluding ortho intramolecular Hbond substituents is 2. The Morgan fingerprint density at radius 2 is 1.32 bits per heavy atom. The van der Waals surface area contributed by atoms with E-state index in [4.69, 9.17) is 0 Å². The van der Waals surface area contributed by atoms with Gasteiger partial charge in [-0.05, 0) is 80.4 Å². The highest BCUT2D eigenvalue weighted by atomic mass is 79.9. The maximum Gasteiger partial charge on any atom is 0.271 e. The summed E-state index contributed by atoms with van der Waals surface area (Å²) in [4.78, 5) is 16.6. The first-order valence-corrected chi connectivity index (χ1v) is 11.8. The van der Waals surface area contributed by atoms with E-state index in [-0.39, 0.29) is 11.5 Å². The maximum absolute atomic E-state index is 12.3. The molecule has 6 nitrogen and oxygen atoms in total. The topological polar surface area (TPSA) is 94.3 Å². The van der Waals surface area contributed by atoms with Crippen molar-refractivity contribution in [2.45, 2.75) is 0 Å². The number of carbonyl (C=O) groups excluding carboxylic acids is 1. The van der Waals surface area contributed by atoms with Crippen molar-refractivity contribution in [3.8, 4) is 11.5 Å². The van der Waals surface area contributed by atoms with Gasteiger partial charge >= 0.3 is 0 Å². The number of amides is 1. The SMILES string of the molecule is O=C(N/N=C/c1cc(Br)cc(Br)c1O)c1ccc(N=Cc2cc(Br)cc(Br)c2O)cc1. The van der Waals surface area contributed by atoms with Crippen LogP contribution in [0.3, 0.4) is 0 Å². The molecule has 0 fully saturated rings. The quantitative estimate of drug-likeness (QED) is 0.209. The fourth-order valence-electron chi connectivity index (χ4n) is 2.44. The van der Waals surface area contributed by atoms with E-state index in [9.17, 15) is 15.0 Å². The number of hydrogen-bond donors (Lipinski definition) is 3. The summed E-state index contributed by atoms with van der Waals surface area (Å²) in [7, 11) is 0. The van der Waals surface area contributed by atoms with E-state index >= 15 is 0 Å². The monoisotopic (exact) mass is 671 g/mol. The molecule has 3 aromatic rings. The number of phenols is 2. The zero-order valence-corrected chi connectivity index (χ0v) is 21.8. The first kappa shape index (κ1) is 23.6. The lowest BCUT2D eigenvalue weighted by atomic mass is 10.2. The molecule has 0 saturated heterocycles. The molecule has 0 atom stereocenters. The Labute approximate surface area is 211 Å². The molecule has 0 radical (unpaired) electrons. The summed E-state index contributed by atoms with van der Waals surface area (Å²) >= 11 is 13.2. The summed E-state index contributed by atoms with van der Waals surface area (Å²) < 4.78 is 2.62. The van der Waals surface area contributed by atoms with Crippen molar-refractivity contribution in [2.24, 2.45) is 10.1 Å². The number of carbonyl (C=O) groups is 1. The van der Waals surface area contributed by atoms with Gasteiger partial charge in [0.25, 0.3) is 5.91 Å². The van der Waals surface area contributed by atoms with Gasteiger partial charge in [0.2, 0.25) is 0 Å². The smallest absolute Gasteiger partial charge is 0.271 e. The highest BCUT2D eigenvalue weighted by molar-refractivity contribution is 9.11. The Morgan fingerprint density at radius 3 is 1.87 bits per heavy atom. The fraction of sp³-hybridized carbons (Fsp3) is 0. The highest BCUT2D eigenvalue weighted by Gasteiger charge is 2.08. The van der Waals surface area contributed by atoms with Crippen LogP contribution in [0.2, 0.25) is 0 Å². The van der Waals surface area contributed by atoms with Crippen LogP contribution in [-0.2, 0) is 0 Å². The zero-order valence-electron chi connectivity index (χ0n) is 15.5. The molecule has 10 heteroatoms. The van der Waals surface area contributed by atoms with Gasteiger partial charge in [-0.2, -0.15) is 5.10 Å². The number of aliphatic imine (C=N–C) groups is 1. The minimum absolute atomic E-state index is 0.0203. The van der Waals surface area contributed by atoms with E-state index < -0.39 is 5.91 Å². The Balaban J connectivity index is 1.67. The van der Waals surface area contributed by atoms with Crippen molar-refractivity contribution in [3.63, 3.8) is 0 Å². The van der Waals surface area contributed by atoms with Crippen LogP contribution in [0.15, 0.2) is 76.5 Å². The molecule has 3 aromatic carbocycles. The molecule has 0 aromatic heterocycles. The zero-order chi connectivity index (χ0) is 22.5. The predicted octanol–water partition coefficient (Wildman–Crippen LogP) is 6.66. The molecule has 3 N–H and O–H groups in total. The van der Waals surface area contributed by atoms with Crippen LogP contribution in [0, 0.1) is 0 Å². The molecular formula is C21H13Br4N3O3. The molecule has 0 spiro atoms. The van der Waals surface area contributed by atoms with Gasteiger partial charge in [-0.3, -0.25) is 9.79 Å². The van der Waals surface area contributed by atoms with Crippen LogP contribution in [0.1, 0.15) is 21.5 Å². The van der Waals surface area contributed by atoms with Gasteiger partial charge in [-0.15, -0.1) is 0 Å². The first-order valence-electron chi connectivity index (χ1n) is 8.58. The lowest BCUT2D eigenvalue weighted by Gasteiger charge is -2.04. The lowest BCUT2D eigenvalue weighted by Crippen LogP contribution is -2.17. The predicted molar refractivity (Wildman–Crippen MR) is 136 cm³/mol. The molecule has 0 bridgehead atoms. The van der Waals surface area contributed by atoms with E-state index in [0.29, 0.717) is 31.3 Å². The molecule has 0 unspecified atom stereocenters. The van der Waals surface area contributed by atoms with Crippen molar-refractivity contribution in [1.82, 2.24) is 5.43 Å². The van der Waals surface area contributed by atoms with E-state index in [1.165, 1.54) is 12.4 Å². The summed E-state index contributed by atoms with van der Waals surface area (Å²) in [6.07, 6.45) is 2.89. The van der Waals surface area contributed by atoms with Crippen LogP contribution in [-0.4, -0.2) is 28.5 Å². The molecule has 1 amide bonds. The van der Waals surface area contributed by atoms with Crippen LogP contribution in [0.25, 0.3) is 0 Å². The number of halogens is 4. The number of hydrazone groups is 1. The molecule has 0 aliphatic carbocycles. The van der Waals surface area contributed by atoms with Gasteiger partial charge in [0.15, 0.2) is 0 Å². The summed E-state index contributed by atoms with van der Waals surface area (Å²) in [5, 5.41) is 24.0. The van der Waals surface area contributed by atoms with Crippen LogP contribution < -0.4 is 5.43 Å². The molecule has 0 heterocycles. The van der Waals surface area contributed by atoms with E-state index in [0.717, 1.165) is 8.95 Å². The second-order valence-corrected chi connectivity index (χ2v) is 9.70. The number of hydrogen-bond acceptors (Lipinski definition) is 5. The Morgan fingerprint density at radius 1 is 0.806 bits per heavy atom. The molecule has 0 aliphatic heterocycles. The lowest BCUT2D eigenvalue weighted by molar-refractivity contribution is 0.0955. The minimum atomic E-state index is -0.408. The van der Waals surface area contributed by atoms with Crippen molar-refractivity contribution < 1.29 is 15.0 Å². The number of rotatable bonds is 5. The van der Waals surface area contributed by atoms with E-state index in [2.05, 4.69) is 79.2 Å². The number of nitrogens with zero attached hydrogens (tertiary/aromatic N) is 2. The summed E-state index contributed by atoms with van der Waals surface area (Å²) in [5.74, 6) is -0.301. The van der Waals surface area contributed by atoms with Gasteiger partial charge in [0, 0.05) is 31.9 Å². The van der Waals surface area contributed by atoms with Gasteiger partial charge in [0.05, 0.1) is 20.8 Å². The van der Waals surface area contributed by atoms with Crippen molar-refractivity contribution in [2.75, 3.05) is 0 Å². The summed E-state index contributed by atoms with van der Waals surface area (Å²) in [6, 6.07) is 13.4. The van der Waals surface area contributed by atoms with Crippen molar-refractivity contribution >= 4 is 87.7 Å². The standard InChI is InChI=1S/C21H13Br4N3O3/c22-14-5-12(19(29)17(24)7-14)9-26-16-3-1-11(2-4-16)21(31)28-27-10-13-6-15(23)8-18(25)20(13)30/h1-10,29-30H,(H,28,31)/b26-9?,27-10+. The van der Waals surface area contributed by atoms with Gasteiger partial charge in [-0.25, -0.2) is 5.43 Å². The van der Waals surface area contributed by atoms with Gasteiger partial charge in [-0.1, -0.05) is 31.9 Å². The average molecular weight is 675 g/mol. The molecule has 0 saturated carbocycles. The highest BCUT2D eigenvalue weighted by Crippen LogP contribution is 2.31. The second-order valence-electron chi connectivity index (χ2n) is 6.16. The summed E-state index contributed by atoms with van der Waals surface area (Å²) in [6.45, 7) is 0. The number of nitrogens with one attached hydrogen (secondary N) is 1. The van der Waals surface area contributed by atoms with E-state index in [1.807, 2.05) is 0 Å². The van der Waals surface area contributed by atoms with Gasteiger partial charge < -0.3 is 10.2 Å². The first-order chi connectivity index (χ1) is 14.7. The third-order valence-electron chi connectivity index (χ3n) is 3.97. The average Bonchev–Trinajstić information content (AvgIpc) is 2.73.